The second-order valence-corrected chi connectivity index (χ2v) is 7.80. The standard InChI is InChI=1S/C14H18IN3O/c15-11-12(16-7-17-13(11)19)18-14-4-8-1-9(5-14)3-10(2-8)6-14/h7-10H,1-6H2,(H2,16,17,18,19). The number of rotatable bonds is 2. The highest BCUT2D eigenvalue weighted by Crippen LogP contribution is 2.56. The number of aromatic amines is 1. The van der Waals surface area contributed by atoms with Gasteiger partial charge in [-0.3, -0.25) is 4.79 Å². The fourth-order valence-electron chi connectivity index (χ4n) is 4.99. The van der Waals surface area contributed by atoms with Crippen molar-refractivity contribution in [2.75, 3.05) is 5.32 Å². The highest BCUT2D eigenvalue weighted by molar-refractivity contribution is 14.1. The third-order valence-electron chi connectivity index (χ3n) is 5.22. The monoisotopic (exact) mass is 371 g/mol. The van der Waals surface area contributed by atoms with E-state index in [1.54, 1.807) is 0 Å². The zero-order valence-electron chi connectivity index (χ0n) is 10.8. The number of anilines is 1. The van der Waals surface area contributed by atoms with Crippen LogP contribution in [-0.2, 0) is 0 Å². The van der Waals surface area contributed by atoms with E-state index in [0.717, 1.165) is 23.6 Å². The molecule has 0 unspecified atom stereocenters. The third kappa shape index (κ3) is 2.00. The molecule has 0 aromatic carbocycles. The highest BCUT2D eigenvalue weighted by atomic mass is 127. The molecule has 4 aliphatic rings. The molecule has 102 valence electrons. The van der Waals surface area contributed by atoms with Crippen LogP contribution in [0.15, 0.2) is 11.1 Å². The van der Waals surface area contributed by atoms with Gasteiger partial charge in [-0.15, -0.1) is 0 Å². The first-order chi connectivity index (χ1) is 9.13. The minimum Gasteiger partial charge on any atom is -0.364 e. The summed E-state index contributed by atoms with van der Waals surface area (Å²) < 4.78 is 0.691. The van der Waals surface area contributed by atoms with E-state index in [4.69, 9.17) is 0 Å². The van der Waals surface area contributed by atoms with Crippen LogP contribution in [0, 0.1) is 21.3 Å². The van der Waals surface area contributed by atoms with Crippen LogP contribution < -0.4 is 10.9 Å². The van der Waals surface area contributed by atoms with Gasteiger partial charge in [-0.2, -0.15) is 0 Å². The quantitative estimate of drug-likeness (QED) is 0.787. The number of halogens is 1. The first-order valence-electron chi connectivity index (χ1n) is 7.15. The Kier molecular flexibility index (Phi) is 2.69. The van der Waals surface area contributed by atoms with Crippen LogP contribution >= 0.6 is 22.6 Å². The predicted octanol–water partition coefficient (Wildman–Crippen LogP) is 2.76. The fourth-order valence-corrected chi connectivity index (χ4v) is 5.41. The summed E-state index contributed by atoms with van der Waals surface area (Å²) in [5.74, 6) is 3.49. The van der Waals surface area contributed by atoms with Crippen LogP contribution in [0.3, 0.4) is 0 Å². The zero-order valence-corrected chi connectivity index (χ0v) is 12.9. The van der Waals surface area contributed by atoms with Crippen LogP contribution in [0.5, 0.6) is 0 Å². The number of aromatic nitrogens is 2. The fraction of sp³-hybridized carbons (Fsp3) is 0.714. The molecule has 4 bridgehead atoms. The molecule has 4 saturated carbocycles. The maximum Gasteiger partial charge on any atom is 0.266 e. The first kappa shape index (κ1) is 12.2. The number of nitrogens with one attached hydrogen (secondary N) is 2. The molecule has 1 heterocycles. The minimum atomic E-state index is -0.0390. The van der Waals surface area contributed by atoms with Crippen molar-refractivity contribution in [2.45, 2.75) is 44.1 Å². The molecule has 0 saturated heterocycles. The van der Waals surface area contributed by atoms with Crippen LogP contribution in [0.2, 0.25) is 0 Å². The Labute approximate surface area is 125 Å². The van der Waals surface area contributed by atoms with Gasteiger partial charge >= 0.3 is 0 Å². The molecule has 1 aromatic heterocycles. The Hall–Kier alpha value is -0.590. The Balaban J connectivity index is 1.66. The Bertz CT molecular complexity index is 533. The molecular weight excluding hydrogens is 353 g/mol. The minimum absolute atomic E-state index is 0.0390. The molecule has 0 radical (unpaired) electrons. The van der Waals surface area contributed by atoms with E-state index in [9.17, 15) is 4.79 Å². The molecule has 0 atom stereocenters. The van der Waals surface area contributed by atoms with Gasteiger partial charge in [0.15, 0.2) is 0 Å². The Morgan fingerprint density at radius 2 is 1.79 bits per heavy atom. The lowest BCUT2D eigenvalue weighted by Crippen LogP contribution is -2.55. The Morgan fingerprint density at radius 3 is 2.37 bits per heavy atom. The van der Waals surface area contributed by atoms with Gasteiger partial charge in [0.2, 0.25) is 0 Å². The maximum atomic E-state index is 11.7. The molecule has 0 amide bonds. The topological polar surface area (TPSA) is 57.8 Å². The van der Waals surface area contributed by atoms with Gasteiger partial charge in [-0.1, -0.05) is 0 Å². The van der Waals surface area contributed by atoms with Gasteiger partial charge in [0, 0.05) is 5.54 Å². The molecule has 4 fully saturated rings. The summed E-state index contributed by atoms with van der Waals surface area (Å²) in [6.07, 6.45) is 9.60. The van der Waals surface area contributed by atoms with Crippen molar-refractivity contribution in [3.63, 3.8) is 0 Å². The second kappa shape index (κ2) is 4.20. The normalized spacial score (nSPS) is 39.5. The second-order valence-electron chi connectivity index (χ2n) is 6.72. The van der Waals surface area contributed by atoms with Crippen molar-refractivity contribution in [1.29, 1.82) is 0 Å². The molecule has 0 aliphatic heterocycles. The summed E-state index contributed by atoms with van der Waals surface area (Å²) in [5.41, 5.74) is 0.179. The summed E-state index contributed by atoms with van der Waals surface area (Å²) in [4.78, 5) is 18.7. The number of H-pyrrole nitrogens is 1. The predicted molar refractivity (Wildman–Crippen MR) is 82.1 cm³/mol. The van der Waals surface area contributed by atoms with E-state index in [-0.39, 0.29) is 11.1 Å². The van der Waals surface area contributed by atoms with E-state index in [0.29, 0.717) is 3.57 Å². The number of nitrogens with zero attached hydrogens (tertiary/aromatic N) is 1. The van der Waals surface area contributed by atoms with Crippen molar-refractivity contribution in [1.82, 2.24) is 9.97 Å². The van der Waals surface area contributed by atoms with E-state index in [1.807, 2.05) is 0 Å². The van der Waals surface area contributed by atoms with Crippen molar-refractivity contribution in [3.05, 3.63) is 20.3 Å². The number of hydrogen-bond acceptors (Lipinski definition) is 3. The van der Waals surface area contributed by atoms with Gasteiger partial charge in [-0.05, 0) is 78.9 Å². The van der Waals surface area contributed by atoms with Crippen LogP contribution in [0.25, 0.3) is 0 Å². The summed E-state index contributed by atoms with van der Waals surface area (Å²) >= 11 is 2.10. The van der Waals surface area contributed by atoms with Gasteiger partial charge in [-0.25, -0.2) is 4.98 Å². The highest BCUT2D eigenvalue weighted by Gasteiger charge is 2.51. The van der Waals surface area contributed by atoms with Gasteiger partial charge in [0.1, 0.15) is 9.39 Å². The van der Waals surface area contributed by atoms with Crippen molar-refractivity contribution in [2.24, 2.45) is 17.8 Å². The lowest BCUT2D eigenvalue weighted by Gasteiger charge is -2.57. The van der Waals surface area contributed by atoms with Gasteiger partial charge in [0.05, 0.1) is 6.33 Å². The van der Waals surface area contributed by atoms with E-state index >= 15 is 0 Å². The molecule has 1 aromatic rings. The summed E-state index contributed by atoms with van der Waals surface area (Å²) in [6.45, 7) is 0. The molecule has 4 aliphatic carbocycles. The SMILES string of the molecule is O=c1[nH]cnc(NC23CC4CC(CC(C4)C2)C3)c1I. The van der Waals surface area contributed by atoms with Crippen molar-refractivity contribution < 1.29 is 0 Å². The van der Waals surface area contributed by atoms with Gasteiger partial charge < -0.3 is 10.3 Å². The first-order valence-corrected chi connectivity index (χ1v) is 8.23. The van der Waals surface area contributed by atoms with E-state index < -0.39 is 0 Å². The van der Waals surface area contributed by atoms with Gasteiger partial charge in [0.25, 0.3) is 5.56 Å². The smallest absolute Gasteiger partial charge is 0.266 e. The van der Waals surface area contributed by atoms with Crippen molar-refractivity contribution in [3.8, 4) is 0 Å². The molecule has 2 N–H and O–H groups in total. The van der Waals surface area contributed by atoms with Crippen LogP contribution in [-0.4, -0.2) is 15.5 Å². The largest absolute Gasteiger partial charge is 0.364 e. The Morgan fingerprint density at radius 1 is 1.21 bits per heavy atom. The van der Waals surface area contributed by atoms with E-state index in [1.165, 1.54) is 44.9 Å². The summed E-state index contributed by atoms with van der Waals surface area (Å²) in [6, 6.07) is 0. The lowest BCUT2D eigenvalue weighted by molar-refractivity contribution is 0.0105. The summed E-state index contributed by atoms with van der Waals surface area (Å²) in [7, 11) is 0. The molecule has 5 rings (SSSR count). The third-order valence-corrected chi connectivity index (χ3v) is 6.22. The average Bonchev–Trinajstić information content (AvgIpc) is 2.33. The average molecular weight is 371 g/mol. The molecule has 5 heteroatoms. The zero-order chi connectivity index (χ0) is 13.0. The molecule has 0 spiro atoms. The lowest BCUT2D eigenvalue weighted by atomic mass is 9.53. The molecule has 19 heavy (non-hydrogen) atoms. The van der Waals surface area contributed by atoms with Crippen LogP contribution in [0.1, 0.15) is 38.5 Å². The van der Waals surface area contributed by atoms with Crippen molar-refractivity contribution >= 4 is 28.4 Å². The number of hydrogen-bond donors (Lipinski definition) is 2. The molecular formula is C14H18IN3O. The van der Waals surface area contributed by atoms with E-state index in [2.05, 4.69) is 37.9 Å². The summed E-state index contributed by atoms with van der Waals surface area (Å²) in [5, 5.41) is 3.66. The molecule has 4 nitrogen and oxygen atoms in total. The van der Waals surface area contributed by atoms with Crippen LogP contribution in [0.4, 0.5) is 5.82 Å². The maximum absolute atomic E-state index is 11.7.